The Morgan fingerprint density at radius 1 is 1.30 bits per heavy atom. The molecule has 1 unspecified atom stereocenters. The van der Waals surface area contributed by atoms with Crippen molar-refractivity contribution >= 4 is 41.3 Å². The van der Waals surface area contributed by atoms with Gasteiger partial charge in [-0.15, -0.1) is 35.3 Å². The van der Waals surface area contributed by atoms with Gasteiger partial charge in [-0.1, -0.05) is 13.8 Å². The highest BCUT2D eigenvalue weighted by Crippen LogP contribution is 2.30. The molecule has 0 aromatic carbocycles. The molecule has 1 aliphatic heterocycles. The summed E-state index contributed by atoms with van der Waals surface area (Å²) in [5.41, 5.74) is -0.819. The van der Waals surface area contributed by atoms with Crippen LogP contribution in [0.2, 0.25) is 0 Å². The number of rotatable bonds is 9. The number of hydrogen-bond acceptors (Lipinski definition) is 5. The van der Waals surface area contributed by atoms with Crippen LogP contribution in [0.3, 0.4) is 0 Å². The number of nitrogens with one attached hydrogen (secondary N) is 2. The van der Waals surface area contributed by atoms with E-state index in [9.17, 15) is 13.2 Å². The number of aliphatic imine (C=N–C) groups is 1. The Hall–Kier alpha value is -0.660. The van der Waals surface area contributed by atoms with Crippen LogP contribution in [0.25, 0.3) is 0 Å². The maximum Gasteiger partial charge on any atom is 0.434 e. The number of hydrogen-bond donors (Lipinski definition) is 2. The van der Waals surface area contributed by atoms with Crippen LogP contribution in [0.1, 0.15) is 37.9 Å². The van der Waals surface area contributed by atoms with E-state index < -0.39 is 11.9 Å². The van der Waals surface area contributed by atoms with Crippen LogP contribution in [0.15, 0.2) is 10.4 Å². The highest BCUT2D eigenvalue weighted by molar-refractivity contribution is 14.0. The number of nitrogens with zero attached hydrogens (tertiary/aromatic N) is 3. The topological polar surface area (TPSA) is 61.8 Å². The SMILES string of the molecule is CCNC(=NCC(CC(C)C)N1CCOCC1)NCCc1nc(C(F)(F)F)cs1.I. The number of aromatic nitrogens is 1. The van der Waals surface area contributed by atoms with Gasteiger partial charge in [-0.3, -0.25) is 9.89 Å². The average molecular weight is 563 g/mol. The summed E-state index contributed by atoms with van der Waals surface area (Å²) in [6.45, 7) is 11.6. The Kier molecular flexibility index (Phi) is 12.5. The van der Waals surface area contributed by atoms with Gasteiger partial charge in [0.15, 0.2) is 11.7 Å². The maximum atomic E-state index is 12.7. The summed E-state index contributed by atoms with van der Waals surface area (Å²) in [6, 6.07) is 0.350. The van der Waals surface area contributed by atoms with Crippen LogP contribution in [0.5, 0.6) is 0 Å². The lowest BCUT2D eigenvalue weighted by atomic mass is 10.0. The largest absolute Gasteiger partial charge is 0.434 e. The van der Waals surface area contributed by atoms with E-state index in [1.807, 2.05) is 6.92 Å². The fourth-order valence-corrected chi connectivity index (χ4v) is 4.01. The molecule has 0 aliphatic carbocycles. The molecule has 0 bridgehead atoms. The molecule has 0 spiro atoms. The minimum Gasteiger partial charge on any atom is -0.379 e. The standard InChI is InChI=1S/C19H32F3N5OS.HI/c1-4-23-18(24-6-5-17-26-16(13-29-17)19(20,21)22)25-12-15(11-14(2)3)27-7-9-28-10-8-27;/h13-15H,4-12H2,1-3H3,(H2,23,24,25);1H. The van der Waals surface area contributed by atoms with Gasteiger partial charge in [0.25, 0.3) is 0 Å². The van der Waals surface area contributed by atoms with Crippen molar-refractivity contribution in [2.24, 2.45) is 10.9 Å². The molecule has 1 aliphatic rings. The first-order chi connectivity index (χ1) is 13.8. The van der Waals surface area contributed by atoms with Crippen molar-refractivity contribution in [1.29, 1.82) is 0 Å². The zero-order valence-electron chi connectivity index (χ0n) is 17.8. The smallest absolute Gasteiger partial charge is 0.379 e. The Morgan fingerprint density at radius 3 is 2.57 bits per heavy atom. The lowest BCUT2D eigenvalue weighted by Gasteiger charge is -2.34. The van der Waals surface area contributed by atoms with Gasteiger partial charge in [0, 0.05) is 44.0 Å². The molecule has 1 atom stereocenters. The number of guanidine groups is 1. The van der Waals surface area contributed by atoms with Gasteiger partial charge in [0.05, 0.1) is 24.8 Å². The van der Waals surface area contributed by atoms with Crippen LogP contribution in [0.4, 0.5) is 13.2 Å². The molecule has 2 N–H and O–H groups in total. The molecule has 2 rings (SSSR count). The summed E-state index contributed by atoms with van der Waals surface area (Å²) in [7, 11) is 0. The first-order valence-electron chi connectivity index (χ1n) is 10.1. The Morgan fingerprint density at radius 2 is 2.00 bits per heavy atom. The number of ether oxygens (including phenoxy) is 1. The van der Waals surface area contributed by atoms with Crippen LogP contribution < -0.4 is 10.6 Å². The van der Waals surface area contributed by atoms with Crippen LogP contribution in [-0.4, -0.2) is 67.8 Å². The first-order valence-corrected chi connectivity index (χ1v) is 11.0. The van der Waals surface area contributed by atoms with E-state index in [2.05, 4.69) is 34.4 Å². The molecule has 1 aromatic heterocycles. The van der Waals surface area contributed by atoms with E-state index in [0.717, 1.165) is 49.4 Å². The van der Waals surface area contributed by atoms with Gasteiger partial charge >= 0.3 is 6.18 Å². The molecule has 0 radical (unpaired) electrons. The average Bonchev–Trinajstić information content (AvgIpc) is 3.15. The third-order valence-corrected chi connectivity index (χ3v) is 5.49. The second kappa shape index (κ2) is 13.7. The molecule has 2 heterocycles. The number of alkyl halides is 3. The number of morpholine rings is 1. The Bertz CT molecular complexity index is 636. The molecule has 1 saturated heterocycles. The summed E-state index contributed by atoms with van der Waals surface area (Å²) < 4.78 is 43.4. The van der Waals surface area contributed by atoms with E-state index >= 15 is 0 Å². The fraction of sp³-hybridized carbons (Fsp3) is 0.789. The van der Waals surface area contributed by atoms with Gasteiger partial charge in [0.1, 0.15) is 0 Å². The van der Waals surface area contributed by atoms with Gasteiger partial charge in [-0.2, -0.15) is 13.2 Å². The summed E-state index contributed by atoms with van der Waals surface area (Å²) in [5.74, 6) is 1.25. The van der Waals surface area contributed by atoms with Crippen molar-refractivity contribution in [3.63, 3.8) is 0 Å². The first kappa shape index (κ1) is 27.4. The van der Waals surface area contributed by atoms with E-state index in [-0.39, 0.29) is 24.0 Å². The number of thiazole rings is 1. The predicted molar refractivity (Wildman–Crippen MR) is 126 cm³/mol. The van der Waals surface area contributed by atoms with E-state index in [4.69, 9.17) is 9.73 Å². The molecule has 6 nitrogen and oxygen atoms in total. The molecular weight excluding hydrogens is 530 g/mol. The second-order valence-electron chi connectivity index (χ2n) is 7.45. The lowest BCUT2D eigenvalue weighted by molar-refractivity contribution is -0.140. The molecule has 1 aromatic rings. The minimum absolute atomic E-state index is 0. The van der Waals surface area contributed by atoms with E-state index in [0.29, 0.717) is 49.0 Å². The van der Waals surface area contributed by atoms with Crippen LogP contribution in [0, 0.1) is 5.92 Å². The van der Waals surface area contributed by atoms with Gasteiger partial charge in [-0.25, -0.2) is 4.98 Å². The fourth-order valence-electron chi connectivity index (χ4n) is 3.21. The van der Waals surface area contributed by atoms with Crippen molar-refractivity contribution in [2.45, 2.75) is 45.8 Å². The molecule has 0 amide bonds. The highest BCUT2D eigenvalue weighted by atomic mass is 127. The maximum absolute atomic E-state index is 12.7. The Balaban J connectivity index is 0.00000450. The van der Waals surface area contributed by atoms with Crippen molar-refractivity contribution in [1.82, 2.24) is 20.5 Å². The molecule has 11 heteroatoms. The van der Waals surface area contributed by atoms with E-state index in [1.165, 1.54) is 0 Å². The van der Waals surface area contributed by atoms with Crippen molar-refractivity contribution < 1.29 is 17.9 Å². The lowest BCUT2D eigenvalue weighted by Crippen LogP contribution is -2.46. The molecule has 1 fully saturated rings. The molecule has 174 valence electrons. The van der Waals surface area contributed by atoms with Gasteiger partial charge in [0.2, 0.25) is 0 Å². The minimum atomic E-state index is -4.39. The third kappa shape index (κ3) is 9.65. The predicted octanol–water partition coefficient (Wildman–Crippen LogP) is 3.62. The van der Waals surface area contributed by atoms with Crippen LogP contribution >= 0.6 is 35.3 Å². The molecular formula is C19H33F3IN5OS. The molecule has 30 heavy (non-hydrogen) atoms. The summed E-state index contributed by atoms with van der Waals surface area (Å²) in [6.07, 6.45) is -2.91. The summed E-state index contributed by atoms with van der Waals surface area (Å²) >= 11 is 1.04. The molecule has 0 saturated carbocycles. The summed E-state index contributed by atoms with van der Waals surface area (Å²) in [4.78, 5) is 10.8. The second-order valence-corrected chi connectivity index (χ2v) is 8.40. The Labute approximate surface area is 198 Å². The monoisotopic (exact) mass is 563 g/mol. The quantitative estimate of drug-likeness (QED) is 0.273. The van der Waals surface area contributed by atoms with Gasteiger partial charge in [-0.05, 0) is 19.3 Å². The summed E-state index contributed by atoms with van der Waals surface area (Å²) in [5, 5.41) is 7.95. The third-order valence-electron chi connectivity index (χ3n) is 4.58. The van der Waals surface area contributed by atoms with Gasteiger partial charge < -0.3 is 15.4 Å². The van der Waals surface area contributed by atoms with Crippen molar-refractivity contribution in [3.05, 3.63) is 16.1 Å². The normalized spacial score (nSPS) is 17.0. The number of halogens is 4. The zero-order valence-corrected chi connectivity index (χ0v) is 20.9. The highest BCUT2D eigenvalue weighted by Gasteiger charge is 2.33. The van der Waals surface area contributed by atoms with Crippen LogP contribution in [-0.2, 0) is 17.3 Å². The van der Waals surface area contributed by atoms with Crippen molar-refractivity contribution in [3.8, 4) is 0 Å². The van der Waals surface area contributed by atoms with E-state index in [1.54, 1.807) is 0 Å². The van der Waals surface area contributed by atoms with Crippen molar-refractivity contribution in [2.75, 3.05) is 45.9 Å². The zero-order chi connectivity index (χ0) is 21.3.